The van der Waals surface area contributed by atoms with Gasteiger partial charge in [0, 0.05) is 17.6 Å². The van der Waals surface area contributed by atoms with Crippen LogP contribution in [0.2, 0.25) is 0 Å². The lowest BCUT2D eigenvalue weighted by Gasteiger charge is -2.05. The third kappa shape index (κ3) is 5.79. The first-order valence-corrected chi connectivity index (χ1v) is 6.22. The highest BCUT2D eigenvalue weighted by Crippen LogP contribution is 2.14. The van der Waals surface area contributed by atoms with E-state index >= 15 is 0 Å². The van der Waals surface area contributed by atoms with Crippen LogP contribution < -0.4 is 5.32 Å². The Labute approximate surface area is 108 Å². The van der Waals surface area contributed by atoms with E-state index in [0.29, 0.717) is 30.6 Å². The van der Waals surface area contributed by atoms with Crippen LogP contribution in [0.4, 0.5) is 4.39 Å². The highest BCUT2D eigenvalue weighted by atomic mass is 79.9. The molecule has 0 aliphatic rings. The highest BCUT2D eigenvalue weighted by molar-refractivity contribution is 9.10. The lowest BCUT2D eigenvalue weighted by molar-refractivity contribution is -0.142. The smallest absolute Gasteiger partial charge is 0.307 e. The summed E-state index contributed by atoms with van der Waals surface area (Å²) >= 11 is 3.22. The SMILES string of the molecule is CCOC(=O)CCNCc1cc(F)cc(Br)c1. The Hall–Kier alpha value is -0.940. The van der Waals surface area contributed by atoms with Gasteiger partial charge in [0.1, 0.15) is 5.82 Å². The zero-order chi connectivity index (χ0) is 12.7. The summed E-state index contributed by atoms with van der Waals surface area (Å²) in [5.74, 6) is -0.498. The van der Waals surface area contributed by atoms with Gasteiger partial charge < -0.3 is 10.1 Å². The Morgan fingerprint density at radius 1 is 1.47 bits per heavy atom. The van der Waals surface area contributed by atoms with Crippen LogP contribution in [-0.2, 0) is 16.1 Å². The number of esters is 1. The molecule has 0 saturated heterocycles. The Morgan fingerprint density at radius 2 is 2.24 bits per heavy atom. The number of ether oxygens (including phenoxy) is 1. The number of carbonyl (C=O) groups is 1. The molecule has 1 aromatic carbocycles. The molecule has 0 saturated carbocycles. The Morgan fingerprint density at radius 3 is 2.88 bits per heavy atom. The predicted molar refractivity (Wildman–Crippen MR) is 67.1 cm³/mol. The molecule has 0 atom stereocenters. The Balaban J connectivity index is 2.28. The van der Waals surface area contributed by atoms with Crippen LogP contribution in [0.25, 0.3) is 0 Å². The quantitative estimate of drug-likeness (QED) is 0.648. The fraction of sp³-hybridized carbons (Fsp3) is 0.417. The van der Waals surface area contributed by atoms with Crippen molar-refractivity contribution in [3.63, 3.8) is 0 Å². The molecule has 0 unspecified atom stereocenters. The normalized spacial score (nSPS) is 10.3. The lowest BCUT2D eigenvalue weighted by atomic mass is 10.2. The van der Waals surface area contributed by atoms with Gasteiger partial charge in [0.05, 0.1) is 13.0 Å². The fourth-order valence-corrected chi connectivity index (χ4v) is 1.88. The summed E-state index contributed by atoms with van der Waals surface area (Å²) in [6.45, 7) is 3.22. The molecule has 1 rings (SSSR count). The minimum absolute atomic E-state index is 0.222. The highest BCUT2D eigenvalue weighted by Gasteiger charge is 2.02. The van der Waals surface area contributed by atoms with Gasteiger partial charge in [0.15, 0.2) is 0 Å². The van der Waals surface area contributed by atoms with Crippen molar-refractivity contribution in [3.05, 3.63) is 34.1 Å². The Kier molecular flexibility index (Phi) is 6.15. The summed E-state index contributed by atoms with van der Waals surface area (Å²) in [5.41, 5.74) is 0.834. The van der Waals surface area contributed by atoms with Crippen LogP contribution in [0.3, 0.4) is 0 Å². The summed E-state index contributed by atoms with van der Waals surface area (Å²) in [4.78, 5) is 11.0. The monoisotopic (exact) mass is 303 g/mol. The van der Waals surface area contributed by atoms with Gasteiger partial charge in [-0.3, -0.25) is 4.79 Å². The second kappa shape index (κ2) is 7.40. The van der Waals surface area contributed by atoms with Crippen molar-refractivity contribution in [1.82, 2.24) is 5.32 Å². The molecule has 1 N–H and O–H groups in total. The van der Waals surface area contributed by atoms with Gasteiger partial charge in [-0.15, -0.1) is 0 Å². The molecule has 0 spiro atoms. The molecule has 94 valence electrons. The van der Waals surface area contributed by atoms with Gasteiger partial charge in [0.2, 0.25) is 0 Å². The van der Waals surface area contributed by atoms with E-state index in [4.69, 9.17) is 4.74 Å². The number of hydrogen-bond donors (Lipinski definition) is 1. The van der Waals surface area contributed by atoms with Crippen molar-refractivity contribution < 1.29 is 13.9 Å². The minimum Gasteiger partial charge on any atom is -0.466 e. The molecule has 0 aliphatic carbocycles. The standard InChI is InChI=1S/C12H15BrFNO2/c1-2-17-12(16)3-4-15-8-9-5-10(13)7-11(14)6-9/h5-7,15H,2-4,8H2,1H3. The maximum Gasteiger partial charge on any atom is 0.307 e. The van der Waals surface area contributed by atoms with Crippen LogP contribution in [0.5, 0.6) is 0 Å². The molecule has 0 radical (unpaired) electrons. The third-order valence-electron chi connectivity index (χ3n) is 2.06. The van der Waals surface area contributed by atoms with E-state index in [1.165, 1.54) is 12.1 Å². The zero-order valence-electron chi connectivity index (χ0n) is 9.63. The number of hydrogen-bond acceptors (Lipinski definition) is 3. The third-order valence-corrected chi connectivity index (χ3v) is 2.52. The van der Waals surface area contributed by atoms with Crippen LogP contribution in [0, 0.1) is 5.82 Å². The number of halogens is 2. The number of rotatable bonds is 6. The van der Waals surface area contributed by atoms with Crippen molar-refractivity contribution in [3.8, 4) is 0 Å². The van der Waals surface area contributed by atoms with Gasteiger partial charge in [-0.1, -0.05) is 15.9 Å². The van der Waals surface area contributed by atoms with Crippen molar-refractivity contribution in [2.45, 2.75) is 19.9 Å². The van der Waals surface area contributed by atoms with E-state index in [2.05, 4.69) is 21.2 Å². The van der Waals surface area contributed by atoms with E-state index in [-0.39, 0.29) is 11.8 Å². The summed E-state index contributed by atoms with van der Waals surface area (Å²) in [6.07, 6.45) is 0.324. The number of nitrogens with one attached hydrogen (secondary N) is 1. The van der Waals surface area contributed by atoms with E-state index < -0.39 is 0 Å². The number of carbonyl (C=O) groups excluding carboxylic acids is 1. The fourth-order valence-electron chi connectivity index (χ4n) is 1.37. The van der Waals surface area contributed by atoms with Crippen molar-refractivity contribution in [1.29, 1.82) is 0 Å². The average Bonchev–Trinajstić information content (AvgIpc) is 2.23. The van der Waals surface area contributed by atoms with E-state index in [9.17, 15) is 9.18 Å². The summed E-state index contributed by atoms with van der Waals surface area (Å²) in [5, 5.41) is 3.06. The van der Waals surface area contributed by atoms with Gasteiger partial charge in [-0.05, 0) is 30.7 Å². The van der Waals surface area contributed by atoms with Crippen LogP contribution in [-0.4, -0.2) is 19.1 Å². The molecule has 0 aromatic heterocycles. The zero-order valence-corrected chi connectivity index (χ0v) is 11.2. The van der Waals surface area contributed by atoms with E-state index in [1.54, 1.807) is 6.92 Å². The van der Waals surface area contributed by atoms with Crippen LogP contribution >= 0.6 is 15.9 Å². The maximum atomic E-state index is 13.0. The second-order valence-corrected chi connectivity index (χ2v) is 4.43. The molecule has 1 aromatic rings. The average molecular weight is 304 g/mol. The largest absolute Gasteiger partial charge is 0.466 e. The number of benzene rings is 1. The predicted octanol–water partition coefficient (Wildman–Crippen LogP) is 2.63. The molecule has 0 amide bonds. The topological polar surface area (TPSA) is 38.3 Å². The Bertz CT molecular complexity index is 365. The van der Waals surface area contributed by atoms with E-state index in [1.807, 2.05) is 6.07 Å². The first-order valence-electron chi connectivity index (χ1n) is 5.43. The molecular weight excluding hydrogens is 289 g/mol. The van der Waals surface area contributed by atoms with E-state index in [0.717, 1.165) is 5.56 Å². The summed E-state index contributed by atoms with van der Waals surface area (Å²) < 4.78 is 18.5. The molecule has 17 heavy (non-hydrogen) atoms. The lowest BCUT2D eigenvalue weighted by Crippen LogP contribution is -2.19. The molecule has 0 bridgehead atoms. The maximum absolute atomic E-state index is 13.0. The second-order valence-electron chi connectivity index (χ2n) is 3.51. The van der Waals surface area contributed by atoms with Crippen molar-refractivity contribution >= 4 is 21.9 Å². The van der Waals surface area contributed by atoms with Crippen LogP contribution in [0.15, 0.2) is 22.7 Å². The minimum atomic E-state index is -0.276. The first kappa shape index (κ1) is 14.1. The van der Waals surface area contributed by atoms with Gasteiger partial charge in [-0.2, -0.15) is 0 Å². The van der Waals surface area contributed by atoms with Gasteiger partial charge in [-0.25, -0.2) is 4.39 Å². The van der Waals surface area contributed by atoms with Crippen molar-refractivity contribution in [2.75, 3.05) is 13.2 Å². The van der Waals surface area contributed by atoms with Crippen molar-refractivity contribution in [2.24, 2.45) is 0 Å². The molecule has 0 aliphatic heterocycles. The molecule has 5 heteroatoms. The first-order chi connectivity index (χ1) is 8.11. The molecular formula is C12H15BrFNO2. The summed E-state index contributed by atoms with van der Waals surface area (Å²) in [6, 6.07) is 4.70. The molecule has 0 heterocycles. The summed E-state index contributed by atoms with van der Waals surface area (Å²) in [7, 11) is 0. The van der Waals surface area contributed by atoms with Gasteiger partial charge in [0.25, 0.3) is 0 Å². The molecule has 0 fully saturated rings. The van der Waals surface area contributed by atoms with Gasteiger partial charge >= 0.3 is 5.97 Å². The molecule has 3 nitrogen and oxygen atoms in total. The van der Waals surface area contributed by atoms with Crippen LogP contribution in [0.1, 0.15) is 18.9 Å².